The Bertz CT molecular complexity index is 284. The maximum atomic E-state index is 11.7. The second-order valence-corrected chi connectivity index (χ2v) is 5.12. The minimum absolute atomic E-state index is 0.000534. The van der Waals surface area contributed by atoms with E-state index in [-0.39, 0.29) is 11.9 Å². The van der Waals surface area contributed by atoms with E-state index in [4.69, 9.17) is 4.74 Å². The van der Waals surface area contributed by atoms with Crippen LogP contribution in [0.2, 0.25) is 0 Å². The molecule has 0 bridgehead atoms. The van der Waals surface area contributed by atoms with E-state index in [2.05, 4.69) is 5.32 Å². The Labute approximate surface area is 102 Å². The quantitative estimate of drug-likeness (QED) is 0.761. The molecule has 17 heavy (non-hydrogen) atoms. The Morgan fingerprint density at radius 3 is 2.65 bits per heavy atom. The van der Waals surface area contributed by atoms with Crippen LogP contribution < -0.4 is 5.32 Å². The van der Waals surface area contributed by atoms with Gasteiger partial charge in [-0.05, 0) is 12.3 Å². The molecule has 2 aliphatic rings. The highest BCUT2D eigenvalue weighted by atomic mass is 16.5. The van der Waals surface area contributed by atoms with Crippen LogP contribution in [0.1, 0.15) is 51.4 Å². The van der Waals surface area contributed by atoms with Gasteiger partial charge in [-0.15, -0.1) is 0 Å². The van der Waals surface area contributed by atoms with Crippen molar-refractivity contribution in [1.29, 1.82) is 0 Å². The molecule has 4 nitrogen and oxygen atoms in total. The van der Waals surface area contributed by atoms with E-state index in [1.165, 1.54) is 32.1 Å². The zero-order valence-corrected chi connectivity index (χ0v) is 10.2. The lowest BCUT2D eigenvalue weighted by Crippen LogP contribution is -2.38. The van der Waals surface area contributed by atoms with Crippen LogP contribution in [-0.2, 0) is 14.3 Å². The summed E-state index contributed by atoms with van der Waals surface area (Å²) in [7, 11) is 0. The van der Waals surface area contributed by atoms with Crippen LogP contribution in [0.3, 0.4) is 0 Å². The van der Waals surface area contributed by atoms with Crippen LogP contribution in [0.4, 0.5) is 0 Å². The van der Waals surface area contributed by atoms with Gasteiger partial charge in [-0.25, -0.2) is 4.79 Å². The van der Waals surface area contributed by atoms with Crippen molar-refractivity contribution in [3.8, 4) is 0 Å². The predicted octanol–water partition coefficient (Wildman–Crippen LogP) is 1.78. The first kappa shape index (κ1) is 12.4. The monoisotopic (exact) mass is 239 g/mol. The van der Waals surface area contributed by atoms with Gasteiger partial charge in [0.2, 0.25) is 5.91 Å². The maximum Gasteiger partial charge on any atom is 0.328 e. The summed E-state index contributed by atoms with van der Waals surface area (Å²) in [5.74, 6) is 0.431. The first-order chi connectivity index (χ1) is 8.25. The Balaban J connectivity index is 1.64. The number of cyclic esters (lactones) is 1. The van der Waals surface area contributed by atoms with Gasteiger partial charge in [-0.2, -0.15) is 0 Å². The predicted molar refractivity (Wildman–Crippen MR) is 63.3 cm³/mol. The third kappa shape index (κ3) is 3.72. The highest BCUT2D eigenvalue weighted by Crippen LogP contribution is 2.27. The minimum Gasteiger partial charge on any atom is -0.464 e. The molecule has 0 unspecified atom stereocenters. The zero-order valence-electron chi connectivity index (χ0n) is 10.2. The van der Waals surface area contributed by atoms with E-state index in [1.54, 1.807) is 0 Å². The SMILES string of the molecule is O=C(CCC1CCCCC1)N[C@H]1CCOC1=O. The number of nitrogens with one attached hydrogen (secondary N) is 1. The molecular formula is C13H21NO3. The molecule has 0 aromatic carbocycles. The number of amides is 1. The summed E-state index contributed by atoms with van der Waals surface area (Å²) in [6.45, 7) is 0.437. The summed E-state index contributed by atoms with van der Waals surface area (Å²) in [4.78, 5) is 22.8. The number of carbonyl (C=O) groups is 2. The van der Waals surface area contributed by atoms with Crippen LogP contribution >= 0.6 is 0 Å². The molecule has 0 radical (unpaired) electrons. The lowest BCUT2D eigenvalue weighted by atomic mass is 9.86. The second kappa shape index (κ2) is 6.03. The lowest BCUT2D eigenvalue weighted by Gasteiger charge is -2.21. The van der Waals surface area contributed by atoms with Crippen molar-refractivity contribution in [2.45, 2.75) is 57.4 Å². The van der Waals surface area contributed by atoms with Gasteiger partial charge in [-0.3, -0.25) is 4.79 Å². The average molecular weight is 239 g/mol. The van der Waals surface area contributed by atoms with Gasteiger partial charge in [0, 0.05) is 12.8 Å². The molecule has 1 amide bonds. The van der Waals surface area contributed by atoms with Crippen molar-refractivity contribution in [2.75, 3.05) is 6.61 Å². The molecule has 2 fully saturated rings. The molecule has 1 aliphatic carbocycles. The molecule has 1 atom stereocenters. The summed E-state index contributed by atoms with van der Waals surface area (Å²) in [6, 6.07) is -0.395. The number of esters is 1. The van der Waals surface area contributed by atoms with Crippen molar-refractivity contribution >= 4 is 11.9 Å². The Morgan fingerprint density at radius 1 is 1.24 bits per heavy atom. The Morgan fingerprint density at radius 2 is 2.00 bits per heavy atom. The summed E-state index contributed by atoms with van der Waals surface area (Å²) < 4.78 is 4.81. The summed E-state index contributed by atoms with van der Waals surface area (Å²) >= 11 is 0. The molecular weight excluding hydrogens is 218 g/mol. The lowest BCUT2D eigenvalue weighted by molar-refractivity contribution is -0.141. The van der Waals surface area contributed by atoms with Gasteiger partial charge in [0.15, 0.2) is 0 Å². The van der Waals surface area contributed by atoms with Gasteiger partial charge < -0.3 is 10.1 Å². The van der Waals surface area contributed by atoms with Crippen LogP contribution in [0.25, 0.3) is 0 Å². The van der Waals surface area contributed by atoms with Crippen LogP contribution in [-0.4, -0.2) is 24.5 Å². The molecule has 96 valence electrons. The van der Waals surface area contributed by atoms with Gasteiger partial charge >= 0.3 is 5.97 Å². The number of ether oxygens (including phenoxy) is 1. The fourth-order valence-corrected chi connectivity index (χ4v) is 2.70. The molecule has 4 heteroatoms. The molecule has 1 heterocycles. The highest BCUT2D eigenvalue weighted by molar-refractivity contribution is 5.85. The number of rotatable bonds is 4. The largest absolute Gasteiger partial charge is 0.464 e. The summed E-state index contributed by atoms with van der Waals surface area (Å²) in [6.07, 6.45) is 8.62. The average Bonchev–Trinajstić information content (AvgIpc) is 2.74. The van der Waals surface area contributed by atoms with Crippen LogP contribution in [0.5, 0.6) is 0 Å². The normalized spacial score (nSPS) is 25.6. The van der Waals surface area contributed by atoms with Crippen molar-refractivity contribution in [2.24, 2.45) is 5.92 Å². The van der Waals surface area contributed by atoms with Crippen LogP contribution in [0, 0.1) is 5.92 Å². The van der Waals surface area contributed by atoms with E-state index >= 15 is 0 Å². The van der Waals surface area contributed by atoms with E-state index in [0.717, 1.165) is 6.42 Å². The van der Waals surface area contributed by atoms with Crippen molar-refractivity contribution in [3.05, 3.63) is 0 Å². The Kier molecular flexibility index (Phi) is 4.40. The van der Waals surface area contributed by atoms with Crippen LogP contribution in [0.15, 0.2) is 0 Å². The fourth-order valence-electron chi connectivity index (χ4n) is 2.70. The van der Waals surface area contributed by atoms with Gasteiger partial charge in [-0.1, -0.05) is 32.1 Å². The number of hydrogen-bond acceptors (Lipinski definition) is 3. The molecule has 1 saturated heterocycles. The van der Waals surface area contributed by atoms with Gasteiger partial charge in [0.05, 0.1) is 6.61 Å². The third-order valence-corrected chi connectivity index (χ3v) is 3.77. The second-order valence-electron chi connectivity index (χ2n) is 5.12. The molecule has 1 saturated carbocycles. The van der Waals surface area contributed by atoms with Crippen molar-refractivity contribution in [3.63, 3.8) is 0 Å². The van der Waals surface area contributed by atoms with E-state index < -0.39 is 6.04 Å². The smallest absolute Gasteiger partial charge is 0.328 e. The summed E-state index contributed by atoms with van der Waals surface area (Å²) in [5.41, 5.74) is 0. The summed E-state index contributed by atoms with van der Waals surface area (Å²) in [5, 5.41) is 2.75. The number of hydrogen-bond donors (Lipinski definition) is 1. The fraction of sp³-hybridized carbons (Fsp3) is 0.846. The molecule has 0 aromatic rings. The maximum absolute atomic E-state index is 11.7. The minimum atomic E-state index is -0.395. The molecule has 2 rings (SSSR count). The highest BCUT2D eigenvalue weighted by Gasteiger charge is 2.27. The van der Waals surface area contributed by atoms with E-state index in [9.17, 15) is 9.59 Å². The van der Waals surface area contributed by atoms with E-state index in [0.29, 0.717) is 25.4 Å². The molecule has 0 spiro atoms. The number of carbonyl (C=O) groups excluding carboxylic acids is 2. The zero-order chi connectivity index (χ0) is 12.1. The molecule has 1 aliphatic heterocycles. The Hall–Kier alpha value is -1.06. The van der Waals surface area contributed by atoms with E-state index in [1.807, 2.05) is 0 Å². The molecule has 1 N–H and O–H groups in total. The topological polar surface area (TPSA) is 55.4 Å². The third-order valence-electron chi connectivity index (χ3n) is 3.77. The first-order valence-electron chi connectivity index (χ1n) is 6.71. The first-order valence-corrected chi connectivity index (χ1v) is 6.71. The van der Waals surface area contributed by atoms with Crippen molar-refractivity contribution < 1.29 is 14.3 Å². The molecule has 0 aromatic heterocycles. The van der Waals surface area contributed by atoms with Gasteiger partial charge in [0.25, 0.3) is 0 Å². The van der Waals surface area contributed by atoms with Crippen molar-refractivity contribution in [1.82, 2.24) is 5.32 Å². The standard InChI is InChI=1S/C13H21NO3/c15-12(14-11-8-9-17-13(11)16)7-6-10-4-2-1-3-5-10/h10-11H,1-9H2,(H,14,15)/t11-/m0/s1. The van der Waals surface area contributed by atoms with Gasteiger partial charge in [0.1, 0.15) is 6.04 Å².